The van der Waals surface area contributed by atoms with Crippen LogP contribution in [0.2, 0.25) is 0 Å². The molecule has 1 aromatic rings. The number of carbonyl (C=O) groups excluding carboxylic acids is 2. The SMILES string of the molecule is CCOC(=O)c1cccc(S(=O)(=O)N2CCCC(C(=O)N3CCOCC3)C2)c1. The van der Waals surface area contributed by atoms with Gasteiger partial charge in [-0.25, -0.2) is 13.2 Å². The molecule has 2 saturated heterocycles. The van der Waals surface area contributed by atoms with Crippen molar-refractivity contribution in [1.82, 2.24) is 9.21 Å². The first-order chi connectivity index (χ1) is 13.4. The third-order valence-electron chi connectivity index (χ3n) is 5.04. The van der Waals surface area contributed by atoms with Crippen LogP contribution in [0.4, 0.5) is 0 Å². The monoisotopic (exact) mass is 410 g/mol. The summed E-state index contributed by atoms with van der Waals surface area (Å²) >= 11 is 0. The molecule has 28 heavy (non-hydrogen) atoms. The van der Waals surface area contributed by atoms with Gasteiger partial charge in [-0.3, -0.25) is 4.79 Å². The number of sulfonamides is 1. The first kappa shape index (κ1) is 20.8. The topological polar surface area (TPSA) is 93.2 Å². The van der Waals surface area contributed by atoms with Gasteiger partial charge in [0, 0.05) is 26.2 Å². The van der Waals surface area contributed by atoms with Gasteiger partial charge >= 0.3 is 5.97 Å². The number of esters is 1. The molecule has 0 spiro atoms. The minimum Gasteiger partial charge on any atom is -0.462 e. The molecule has 2 aliphatic heterocycles. The van der Waals surface area contributed by atoms with E-state index in [1.54, 1.807) is 11.8 Å². The number of carbonyl (C=O) groups is 2. The quantitative estimate of drug-likeness (QED) is 0.676. The Morgan fingerprint density at radius 2 is 1.96 bits per heavy atom. The van der Waals surface area contributed by atoms with E-state index in [2.05, 4.69) is 0 Å². The summed E-state index contributed by atoms with van der Waals surface area (Å²) in [4.78, 5) is 26.5. The summed E-state index contributed by atoms with van der Waals surface area (Å²) in [7, 11) is -3.80. The van der Waals surface area contributed by atoms with Crippen molar-refractivity contribution in [1.29, 1.82) is 0 Å². The van der Waals surface area contributed by atoms with Crippen LogP contribution in [0.3, 0.4) is 0 Å². The summed E-state index contributed by atoms with van der Waals surface area (Å²) in [5.41, 5.74) is 0.195. The van der Waals surface area contributed by atoms with Crippen molar-refractivity contribution in [2.75, 3.05) is 46.0 Å². The number of benzene rings is 1. The second-order valence-corrected chi connectivity index (χ2v) is 8.83. The van der Waals surface area contributed by atoms with E-state index in [9.17, 15) is 18.0 Å². The normalized spacial score (nSPS) is 21.3. The molecule has 0 N–H and O–H groups in total. The summed E-state index contributed by atoms with van der Waals surface area (Å²) in [6.45, 7) is 4.54. The highest BCUT2D eigenvalue weighted by molar-refractivity contribution is 7.89. The number of amides is 1. The number of morpholine rings is 1. The summed E-state index contributed by atoms with van der Waals surface area (Å²) in [5.74, 6) is -0.920. The number of hydrogen-bond acceptors (Lipinski definition) is 6. The average molecular weight is 410 g/mol. The Balaban J connectivity index is 1.75. The molecule has 3 rings (SSSR count). The number of rotatable bonds is 5. The molecule has 2 fully saturated rings. The fourth-order valence-electron chi connectivity index (χ4n) is 3.55. The maximum absolute atomic E-state index is 13.1. The van der Waals surface area contributed by atoms with E-state index >= 15 is 0 Å². The zero-order chi connectivity index (χ0) is 20.1. The standard InChI is InChI=1S/C19H26N2O6S/c1-2-27-19(23)15-5-3-7-17(13-15)28(24,25)21-8-4-6-16(14-21)18(22)20-9-11-26-12-10-20/h3,5,7,13,16H,2,4,6,8-12,14H2,1H3. The summed E-state index contributed by atoms with van der Waals surface area (Å²) < 4.78 is 37.8. The Morgan fingerprint density at radius 3 is 2.68 bits per heavy atom. The van der Waals surface area contributed by atoms with Crippen molar-refractivity contribution in [3.63, 3.8) is 0 Å². The maximum atomic E-state index is 13.1. The van der Waals surface area contributed by atoms with Crippen LogP contribution in [0.5, 0.6) is 0 Å². The van der Waals surface area contributed by atoms with E-state index in [1.807, 2.05) is 0 Å². The first-order valence-electron chi connectivity index (χ1n) is 9.57. The summed E-state index contributed by atoms with van der Waals surface area (Å²) in [6, 6.07) is 5.85. The average Bonchev–Trinajstić information content (AvgIpc) is 2.74. The van der Waals surface area contributed by atoms with E-state index in [4.69, 9.17) is 9.47 Å². The Morgan fingerprint density at radius 1 is 1.21 bits per heavy atom. The van der Waals surface area contributed by atoms with E-state index in [-0.39, 0.29) is 35.4 Å². The van der Waals surface area contributed by atoms with Crippen LogP contribution >= 0.6 is 0 Å². The van der Waals surface area contributed by atoms with Crippen LogP contribution in [0.25, 0.3) is 0 Å². The summed E-state index contributed by atoms with van der Waals surface area (Å²) in [6.07, 6.45) is 1.29. The molecular weight excluding hydrogens is 384 g/mol. The van der Waals surface area contributed by atoms with Crippen molar-refractivity contribution in [2.24, 2.45) is 5.92 Å². The maximum Gasteiger partial charge on any atom is 0.338 e. The van der Waals surface area contributed by atoms with E-state index in [1.165, 1.54) is 28.6 Å². The van der Waals surface area contributed by atoms with Gasteiger partial charge in [0.1, 0.15) is 0 Å². The molecule has 1 atom stereocenters. The largest absolute Gasteiger partial charge is 0.462 e. The Hall–Kier alpha value is -1.97. The Kier molecular flexibility index (Phi) is 6.69. The van der Waals surface area contributed by atoms with Crippen LogP contribution in [0.1, 0.15) is 30.1 Å². The van der Waals surface area contributed by atoms with Crippen LogP contribution in [0.15, 0.2) is 29.2 Å². The molecule has 9 heteroatoms. The minimum absolute atomic E-state index is 0.0107. The van der Waals surface area contributed by atoms with Gasteiger partial charge < -0.3 is 14.4 Å². The lowest BCUT2D eigenvalue weighted by atomic mass is 9.98. The molecule has 154 valence electrons. The molecule has 2 heterocycles. The molecular formula is C19H26N2O6S. The number of hydrogen-bond donors (Lipinski definition) is 0. The van der Waals surface area contributed by atoms with Crippen LogP contribution in [-0.4, -0.2) is 75.5 Å². The van der Waals surface area contributed by atoms with Crippen LogP contribution < -0.4 is 0 Å². The first-order valence-corrected chi connectivity index (χ1v) is 11.0. The zero-order valence-electron chi connectivity index (χ0n) is 16.0. The van der Waals surface area contributed by atoms with Crippen molar-refractivity contribution in [3.8, 4) is 0 Å². The van der Waals surface area contributed by atoms with Gasteiger partial charge in [0.15, 0.2) is 0 Å². The third kappa shape index (κ3) is 4.53. The molecule has 0 saturated carbocycles. The van der Waals surface area contributed by atoms with E-state index in [0.29, 0.717) is 45.7 Å². The molecule has 0 bridgehead atoms. The number of ether oxygens (including phenoxy) is 2. The lowest BCUT2D eigenvalue weighted by Crippen LogP contribution is -2.49. The molecule has 1 aromatic carbocycles. The highest BCUT2D eigenvalue weighted by atomic mass is 32.2. The lowest BCUT2D eigenvalue weighted by molar-refractivity contribution is -0.140. The van der Waals surface area contributed by atoms with Crippen LogP contribution in [-0.2, 0) is 24.3 Å². The highest BCUT2D eigenvalue weighted by Crippen LogP contribution is 2.26. The second kappa shape index (κ2) is 9.02. The molecule has 1 unspecified atom stereocenters. The van der Waals surface area contributed by atoms with Gasteiger partial charge in [0.2, 0.25) is 15.9 Å². The van der Waals surface area contributed by atoms with Gasteiger partial charge in [0.25, 0.3) is 0 Å². The second-order valence-electron chi connectivity index (χ2n) is 6.89. The third-order valence-corrected chi connectivity index (χ3v) is 6.90. The smallest absolute Gasteiger partial charge is 0.338 e. The predicted molar refractivity (Wildman–Crippen MR) is 101 cm³/mol. The van der Waals surface area contributed by atoms with Gasteiger partial charge in [0.05, 0.1) is 36.2 Å². The van der Waals surface area contributed by atoms with Crippen molar-refractivity contribution in [3.05, 3.63) is 29.8 Å². The lowest BCUT2D eigenvalue weighted by Gasteiger charge is -2.35. The number of nitrogens with zero attached hydrogens (tertiary/aromatic N) is 2. The van der Waals surface area contributed by atoms with Crippen molar-refractivity contribution >= 4 is 21.9 Å². The van der Waals surface area contributed by atoms with Gasteiger partial charge in [-0.15, -0.1) is 0 Å². The van der Waals surface area contributed by atoms with Crippen molar-refractivity contribution < 1.29 is 27.5 Å². The number of piperidine rings is 1. The molecule has 2 aliphatic rings. The van der Waals surface area contributed by atoms with E-state index in [0.717, 1.165) is 0 Å². The van der Waals surface area contributed by atoms with Crippen LogP contribution in [0, 0.1) is 5.92 Å². The fraction of sp³-hybridized carbons (Fsp3) is 0.579. The van der Waals surface area contributed by atoms with E-state index < -0.39 is 16.0 Å². The highest BCUT2D eigenvalue weighted by Gasteiger charge is 2.35. The molecule has 0 aromatic heterocycles. The Bertz CT molecular complexity index is 819. The molecule has 1 amide bonds. The minimum atomic E-state index is -3.80. The van der Waals surface area contributed by atoms with Gasteiger partial charge in [-0.2, -0.15) is 4.31 Å². The summed E-state index contributed by atoms with van der Waals surface area (Å²) in [5, 5.41) is 0. The van der Waals surface area contributed by atoms with Gasteiger partial charge in [-0.05, 0) is 38.0 Å². The predicted octanol–water partition coefficient (Wildman–Crippen LogP) is 1.12. The molecule has 0 aliphatic carbocycles. The van der Waals surface area contributed by atoms with Gasteiger partial charge in [-0.1, -0.05) is 6.07 Å². The molecule has 8 nitrogen and oxygen atoms in total. The Labute approximate surface area is 165 Å². The molecule has 0 radical (unpaired) electrons. The van der Waals surface area contributed by atoms with Crippen molar-refractivity contribution in [2.45, 2.75) is 24.7 Å². The zero-order valence-corrected chi connectivity index (χ0v) is 16.8. The fourth-order valence-corrected chi connectivity index (χ4v) is 5.12.